The maximum absolute atomic E-state index is 12.0. The molecule has 0 radical (unpaired) electrons. The highest BCUT2D eigenvalue weighted by atomic mass is 16.7. The Morgan fingerprint density at radius 3 is 3.00 bits per heavy atom. The minimum atomic E-state index is -0.214. The number of nitrogen functional groups attached to an aromatic ring is 1. The average molecular weight is 222 g/mol. The van der Waals surface area contributed by atoms with Crippen molar-refractivity contribution in [3.63, 3.8) is 0 Å². The van der Waals surface area contributed by atoms with Crippen molar-refractivity contribution in [1.82, 2.24) is 5.06 Å². The van der Waals surface area contributed by atoms with Gasteiger partial charge in [0.25, 0.3) is 5.91 Å². The van der Waals surface area contributed by atoms with Crippen LogP contribution < -0.4 is 10.5 Å². The molecule has 16 heavy (non-hydrogen) atoms. The summed E-state index contributed by atoms with van der Waals surface area (Å²) in [7, 11) is 1.55. The fraction of sp³-hybridized carbons (Fsp3) is 0.364. The summed E-state index contributed by atoms with van der Waals surface area (Å²) in [5.74, 6) is 0.394. The Morgan fingerprint density at radius 2 is 2.38 bits per heavy atom. The van der Waals surface area contributed by atoms with Crippen molar-refractivity contribution in [3.8, 4) is 5.75 Å². The molecule has 1 amide bonds. The molecule has 0 atom stereocenters. The Bertz CT molecular complexity index is 400. The lowest BCUT2D eigenvalue weighted by molar-refractivity contribution is -0.0767. The number of hydroxylamine groups is 2. The molecule has 86 valence electrons. The third-order valence-corrected chi connectivity index (χ3v) is 2.47. The Kier molecular flexibility index (Phi) is 2.96. The number of carbonyl (C=O) groups excluding carboxylic acids is 1. The van der Waals surface area contributed by atoms with Crippen LogP contribution in [0, 0.1) is 0 Å². The standard InChI is InChI=1S/C11H14N2O3/c1-15-8-3-4-10(12)9(7-8)11(14)13-5-2-6-16-13/h3-4,7H,2,5-6,12H2,1H3. The van der Waals surface area contributed by atoms with Crippen LogP contribution >= 0.6 is 0 Å². The maximum Gasteiger partial charge on any atom is 0.279 e. The van der Waals surface area contributed by atoms with Crippen molar-refractivity contribution in [2.45, 2.75) is 6.42 Å². The van der Waals surface area contributed by atoms with Crippen LogP contribution in [0.3, 0.4) is 0 Å². The molecule has 0 aliphatic carbocycles. The number of ether oxygens (including phenoxy) is 1. The van der Waals surface area contributed by atoms with Gasteiger partial charge in [0.05, 0.1) is 25.8 Å². The number of nitrogens with zero attached hydrogens (tertiary/aromatic N) is 1. The first kappa shape index (κ1) is 10.8. The predicted molar refractivity (Wildman–Crippen MR) is 59.0 cm³/mol. The summed E-state index contributed by atoms with van der Waals surface area (Å²) in [6.45, 7) is 1.19. The molecule has 1 saturated heterocycles. The van der Waals surface area contributed by atoms with Gasteiger partial charge in [-0.05, 0) is 24.6 Å². The quantitative estimate of drug-likeness (QED) is 0.760. The number of amides is 1. The van der Waals surface area contributed by atoms with Gasteiger partial charge in [-0.25, -0.2) is 5.06 Å². The lowest BCUT2D eigenvalue weighted by atomic mass is 10.1. The monoisotopic (exact) mass is 222 g/mol. The summed E-state index contributed by atoms with van der Waals surface area (Å²) in [5.41, 5.74) is 6.60. The highest BCUT2D eigenvalue weighted by Crippen LogP contribution is 2.22. The predicted octanol–water partition coefficient (Wildman–Crippen LogP) is 1.05. The number of hydrogen-bond acceptors (Lipinski definition) is 4. The number of benzene rings is 1. The van der Waals surface area contributed by atoms with Crippen molar-refractivity contribution in [1.29, 1.82) is 0 Å². The zero-order valence-electron chi connectivity index (χ0n) is 9.10. The molecule has 0 unspecified atom stereocenters. The summed E-state index contributed by atoms with van der Waals surface area (Å²) >= 11 is 0. The van der Waals surface area contributed by atoms with Gasteiger partial charge in [-0.1, -0.05) is 0 Å². The molecule has 1 aromatic carbocycles. The van der Waals surface area contributed by atoms with E-state index >= 15 is 0 Å². The zero-order valence-corrected chi connectivity index (χ0v) is 9.10. The van der Waals surface area contributed by atoms with Crippen molar-refractivity contribution < 1.29 is 14.4 Å². The van der Waals surface area contributed by atoms with Gasteiger partial charge >= 0.3 is 0 Å². The SMILES string of the molecule is COc1ccc(N)c(C(=O)N2CCCO2)c1. The number of methoxy groups -OCH3 is 1. The van der Waals surface area contributed by atoms with Gasteiger partial charge in [0.2, 0.25) is 0 Å². The largest absolute Gasteiger partial charge is 0.497 e. The van der Waals surface area contributed by atoms with Crippen LogP contribution in [-0.2, 0) is 4.84 Å². The van der Waals surface area contributed by atoms with E-state index in [-0.39, 0.29) is 5.91 Å². The average Bonchev–Trinajstić information content (AvgIpc) is 2.82. The fourth-order valence-corrected chi connectivity index (χ4v) is 1.59. The van der Waals surface area contributed by atoms with Crippen LogP contribution in [0.4, 0.5) is 5.69 Å². The molecule has 2 N–H and O–H groups in total. The molecule has 1 heterocycles. The highest BCUT2D eigenvalue weighted by molar-refractivity contribution is 5.99. The third kappa shape index (κ3) is 1.94. The van der Waals surface area contributed by atoms with E-state index in [1.165, 1.54) is 5.06 Å². The van der Waals surface area contributed by atoms with Gasteiger partial charge in [-0.3, -0.25) is 9.63 Å². The summed E-state index contributed by atoms with van der Waals surface area (Å²) in [6.07, 6.45) is 0.857. The third-order valence-electron chi connectivity index (χ3n) is 2.47. The van der Waals surface area contributed by atoms with Crippen LogP contribution in [-0.4, -0.2) is 31.2 Å². The minimum Gasteiger partial charge on any atom is -0.497 e. The molecular weight excluding hydrogens is 208 g/mol. The van der Waals surface area contributed by atoms with E-state index in [9.17, 15) is 4.79 Å². The molecule has 1 aromatic rings. The molecule has 1 fully saturated rings. The van der Waals surface area contributed by atoms with Gasteiger partial charge in [0.1, 0.15) is 5.75 Å². The molecule has 0 spiro atoms. The second-order valence-corrected chi connectivity index (χ2v) is 3.55. The summed E-state index contributed by atoms with van der Waals surface area (Å²) in [6, 6.07) is 5.00. The summed E-state index contributed by atoms with van der Waals surface area (Å²) < 4.78 is 5.06. The number of rotatable bonds is 2. The first-order valence-electron chi connectivity index (χ1n) is 5.10. The smallest absolute Gasteiger partial charge is 0.279 e. The van der Waals surface area contributed by atoms with Gasteiger partial charge in [0, 0.05) is 5.69 Å². The summed E-state index contributed by atoms with van der Waals surface area (Å²) in [4.78, 5) is 17.2. The van der Waals surface area contributed by atoms with Gasteiger partial charge in [0.15, 0.2) is 0 Å². The van der Waals surface area contributed by atoms with E-state index in [0.29, 0.717) is 30.2 Å². The molecule has 0 aromatic heterocycles. The molecule has 5 heteroatoms. The molecule has 0 saturated carbocycles. The lowest BCUT2D eigenvalue weighted by Crippen LogP contribution is -2.27. The van der Waals surface area contributed by atoms with E-state index in [0.717, 1.165) is 6.42 Å². The molecule has 5 nitrogen and oxygen atoms in total. The summed E-state index contributed by atoms with van der Waals surface area (Å²) in [5, 5.41) is 1.34. The highest BCUT2D eigenvalue weighted by Gasteiger charge is 2.22. The van der Waals surface area contributed by atoms with Crippen LogP contribution in [0.5, 0.6) is 5.75 Å². The number of hydrogen-bond donors (Lipinski definition) is 1. The molecule has 1 aliphatic rings. The topological polar surface area (TPSA) is 64.8 Å². The normalized spacial score (nSPS) is 15.2. The van der Waals surface area contributed by atoms with Crippen LogP contribution in [0.2, 0.25) is 0 Å². The second-order valence-electron chi connectivity index (χ2n) is 3.55. The van der Waals surface area contributed by atoms with E-state index in [1.807, 2.05) is 0 Å². The van der Waals surface area contributed by atoms with Crippen LogP contribution in [0.25, 0.3) is 0 Å². The van der Waals surface area contributed by atoms with Crippen molar-refractivity contribution in [3.05, 3.63) is 23.8 Å². The molecule has 2 rings (SSSR count). The van der Waals surface area contributed by atoms with Crippen molar-refractivity contribution >= 4 is 11.6 Å². The Hall–Kier alpha value is -1.75. The van der Waals surface area contributed by atoms with Gasteiger partial charge in [-0.2, -0.15) is 0 Å². The second kappa shape index (κ2) is 4.40. The molecule has 0 bridgehead atoms. The molecule has 1 aliphatic heterocycles. The number of carbonyl (C=O) groups is 1. The van der Waals surface area contributed by atoms with Crippen LogP contribution in [0.1, 0.15) is 16.8 Å². The molecular formula is C11H14N2O3. The maximum atomic E-state index is 12.0. The van der Waals surface area contributed by atoms with Gasteiger partial charge < -0.3 is 10.5 Å². The van der Waals surface area contributed by atoms with E-state index in [4.69, 9.17) is 15.3 Å². The minimum absolute atomic E-state index is 0.214. The Morgan fingerprint density at radius 1 is 1.56 bits per heavy atom. The van der Waals surface area contributed by atoms with E-state index < -0.39 is 0 Å². The Balaban J connectivity index is 2.27. The van der Waals surface area contributed by atoms with Crippen LogP contribution in [0.15, 0.2) is 18.2 Å². The fourth-order valence-electron chi connectivity index (χ4n) is 1.59. The van der Waals surface area contributed by atoms with E-state index in [2.05, 4.69) is 0 Å². The van der Waals surface area contributed by atoms with Crippen molar-refractivity contribution in [2.75, 3.05) is 26.0 Å². The zero-order chi connectivity index (χ0) is 11.5. The first-order chi connectivity index (χ1) is 7.72. The van der Waals surface area contributed by atoms with Gasteiger partial charge in [-0.15, -0.1) is 0 Å². The Labute approximate surface area is 93.7 Å². The lowest BCUT2D eigenvalue weighted by Gasteiger charge is -2.15. The first-order valence-corrected chi connectivity index (χ1v) is 5.10. The van der Waals surface area contributed by atoms with E-state index in [1.54, 1.807) is 25.3 Å². The number of nitrogens with two attached hydrogens (primary N) is 1. The van der Waals surface area contributed by atoms with Crippen molar-refractivity contribution in [2.24, 2.45) is 0 Å². The number of anilines is 1.